The van der Waals surface area contributed by atoms with Crippen LogP contribution >= 0.6 is 0 Å². The number of rotatable bonds is 2. The first kappa shape index (κ1) is 13.6. The zero-order valence-electron chi connectivity index (χ0n) is 12.2. The van der Waals surface area contributed by atoms with Crippen molar-refractivity contribution in [1.29, 1.82) is 0 Å². The third-order valence-corrected chi connectivity index (χ3v) is 3.81. The van der Waals surface area contributed by atoms with E-state index in [0.29, 0.717) is 0 Å². The van der Waals surface area contributed by atoms with E-state index in [2.05, 4.69) is 31.2 Å². The van der Waals surface area contributed by atoms with Crippen LogP contribution in [-0.4, -0.2) is 5.78 Å². The van der Waals surface area contributed by atoms with Gasteiger partial charge in [0.25, 0.3) is 0 Å². The molecule has 0 saturated heterocycles. The van der Waals surface area contributed by atoms with Crippen molar-refractivity contribution in [2.75, 3.05) is 0 Å². The van der Waals surface area contributed by atoms with Crippen molar-refractivity contribution in [3.05, 3.63) is 82.4 Å². The van der Waals surface area contributed by atoms with E-state index in [4.69, 9.17) is 0 Å². The van der Waals surface area contributed by atoms with E-state index in [-0.39, 0.29) is 5.78 Å². The Balaban J connectivity index is 1.83. The van der Waals surface area contributed by atoms with Gasteiger partial charge in [0.1, 0.15) is 0 Å². The Hall–Kier alpha value is -2.41. The molecule has 3 rings (SSSR count). The molecule has 0 aliphatic heterocycles. The average molecular weight is 274 g/mol. The Morgan fingerprint density at radius 2 is 1.29 bits per heavy atom. The lowest BCUT2D eigenvalue weighted by molar-refractivity contribution is -0.111. The third-order valence-electron chi connectivity index (χ3n) is 3.81. The molecule has 1 aliphatic rings. The maximum Gasteiger partial charge on any atom is 0.185 e. The molecular formula is C20H18O. The number of hydrogen-bond donors (Lipinski definition) is 0. The first-order valence-electron chi connectivity index (χ1n) is 7.30. The van der Waals surface area contributed by atoms with E-state index in [1.807, 2.05) is 42.5 Å². The fourth-order valence-corrected chi connectivity index (χ4v) is 2.59. The van der Waals surface area contributed by atoms with Gasteiger partial charge in [-0.3, -0.25) is 4.79 Å². The van der Waals surface area contributed by atoms with Crippen molar-refractivity contribution in [2.24, 2.45) is 0 Å². The lowest BCUT2D eigenvalue weighted by Crippen LogP contribution is -1.95. The molecule has 104 valence electrons. The highest BCUT2D eigenvalue weighted by Crippen LogP contribution is 2.29. The quantitative estimate of drug-likeness (QED) is 0.717. The van der Waals surface area contributed by atoms with Gasteiger partial charge in [-0.25, -0.2) is 0 Å². The van der Waals surface area contributed by atoms with Crippen LogP contribution in [0.2, 0.25) is 0 Å². The Labute approximate surface area is 125 Å². The number of carbonyl (C=O) groups excluding carboxylic acids is 1. The first-order chi connectivity index (χ1) is 10.2. The van der Waals surface area contributed by atoms with E-state index >= 15 is 0 Å². The minimum Gasteiger partial charge on any atom is -0.289 e. The van der Waals surface area contributed by atoms with Crippen LogP contribution in [0.3, 0.4) is 0 Å². The van der Waals surface area contributed by atoms with Gasteiger partial charge >= 0.3 is 0 Å². The molecule has 0 atom stereocenters. The van der Waals surface area contributed by atoms with Gasteiger partial charge in [0, 0.05) is 11.1 Å². The van der Waals surface area contributed by atoms with Gasteiger partial charge in [0.2, 0.25) is 0 Å². The SMILES string of the molecule is Cc1ccc(/C=C2/CC/C(=C/c3ccccc3)C2=O)cc1. The zero-order valence-corrected chi connectivity index (χ0v) is 12.2. The van der Waals surface area contributed by atoms with Gasteiger partial charge in [-0.15, -0.1) is 0 Å². The summed E-state index contributed by atoms with van der Waals surface area (Å²) in [6, 6.07) is 18.3. The summed E-state index contributed by atoms with van der Waals surface area (Å²) in [6.07, 6.45) is 5.71. The normalized spacial score (nSPS) is 18.6. The van der Waals surface area contributed by atoms with Gasteiger partial charge in [-0.05, 0) is 43.0 Å². The number of hydrogen-bond acceptors (Lipinski definition) is 1. The van der Waals surface area contributed by atoms with E-state index in [0.717, 1.165) is 35.1 Å². The van der Waals surface area contributed by atoms with Gasteiger partial charge in [0.15, 0.2) is 5.78 Å². The van der Waals surface area contributed by atoms with E-state index < -0.39 is 0 Å². The number of ketones is 1. The molecule has 0 spiro atoms. The fourth-order valence-electron chi connectivity index (χ4n) is 2.59. The van der Waals surface area contributed by atoms with Gasteiger partial charge in [0.05, 0.1) is 0 Å². The predicted octanol–water partition coefficient (Wildman–Crippen LogP) is 4.82. The molecule has 0 amide bonds. The molecule has 0 radical (unpaired) electrons. The second kappa shape index (κ2) is 5.92. The molecule has 1 aliphatic carbocycles. The molecule has 2 aromatic rings. The molecule has 0 heterocycles. The highest BCUT2D eigenvalue weighted by Gasteiger charge is 2.22. The van der Waals surface area contributed by atoms with Crippen molar-refractivity contribution in [3.8, 4) is 0 Å². The molecule has 0 aromatic heterocycles. The lowest BCUT2D eigenvalue weighted by atomic mass is 10.1. The summed E-state index contributed by atoms with van der Waals surface area (Å²) in [6.45, 7) is 2.07. The smallest absolute Gasteiger partial charge is 0.185 e. The number of allylic oxidation sites excluding steroid dienone is 2. The second-order valence-electron chi connectivity index (χ2n) is 5.49. The van der Waals surface area contributed by atoms with Crippen molar-refractivity contribution in [1.82, 2.24) is 0 Å². The molecule has 1 nitrogen and oxygen atoms in total. The average Bonchev–Trinajstić information content (AvgIpc) is 2.84. The van der Waals surface area contributed by atoms with E-state index in [1.54, 1.807) is 0 Å². The Morgan fingerprint density at radius 3 is 1.86 bits per heavy atom. The zero-order chi connectivity index (χ0) is 14.7. The standard InChI is InChI=1S/C20H18O/c1-15-7-9-17(10-8-15)14-19-12-11-18(20(19)21)13-16-5-3-2-4-6-16/h2-10,13-14H,11-12H2,1H3/b18-13-,19-14-. The molecule has 1 saturated carbocycles. The van der Waals surface area contributed by atoms with Crippen LogP contribution in [0.1, 0.15) is 29.5 Å². The summed E-state index contributed by atoms with van der Waals surface area (Å²) < 4.78 is 0. The van der Waals surface area contributed by atoms with Crippen molar-refractivity contribution in [2.45, 2.75) is 19.8 Å². The van der Waals surface area contributed by atoms with Crippen LogP contribution in [0.25, 0.3) is 12.2 Å². The number of carbonyl (C=O) groups is 1. The molecule has 1 heteroatoms. The summed E-state index contributed by atoms with van der Waals surface area (Å²) >= 11 is 0. The minimum atomic E-state index is 0.194. The first-order valence-corrected chi connectivity index (χ1v) is 7.30. The monoisotopic (exact) mass is 274 g/mol. The largest absolute Gasteiger partial charge is 0.289 e. The maximum atomic E-state index is 12.4. The van der Waals surface area contributed by atoms with Crippen LogP contribution in [0, 0.1) is 6.92 Å². The Morgan fingerprint density at radius 1 is 0.762 bits per heavy atom. The van der Waals surface area contributed by atoms with Crippen LogP contribution in [0.4, 0.5) is 0 Å². The maximum absolute atomic E-state index is 12.4. The highest BCUT2D eigenvalue weighted by molar-refractivity contribution is 6.15. The van der Waals surface area contributed by atoms with E-state index in [1.165, 1.54) is 5.56 Å². The molecule has 1 fully saturated rings. The summed E-state index contributed by atoms with van der Waals surface area (Å²) in [5, 5.41) is 0. The number of aryl methyl sites for hydroxylation is 1. The Kier molecular flexibility index (Phi) is 3.83. The molecule has 0 N–H and O–H groups in total. The third kappa shape index (κ3) is 3.19. The molecular weight excluding hydrogens is 256 g/mol. The molecule has 0 bridgehead atoms. The lowest BCUT2D eigenvalue weighted by Gasteiger charge is -1.98. The molecule has 21 heavy (non-hydrogen) atoms. The summed E-state index contributed by atoms with van der Waals surface area (Å²) in [5.41, 5.74) is 5.27. The van der Waals surface area contributed by atoms with E-state index in [9.17, 15) is 4.79 Å². The van der Waals surface area contributed by atoms with Crippen LogP contribution < -0.4 is 0 Å². The van der Waals surface area contributed by atoms with Crippen LogP contribution in [0.5, 0.6) is 0 Å². The highest BCUT2D eigenvalue weighted by atomic mass is 16.1. The van der Waals surface area contributed by atoms with Crippen molar-refractivity contribution < 1.29 is 4.79 Å². The second-order valence-corrected chi connectivity index (χ2v) is 5.49. The van der Waals surface area contributed by atoms with Gasteiger partial charge in [-0.2, -0.15) is 0 Å². The van der Waals surface area contributed by atoms with Crippen molar-refractivity contribution in [3.63, 3.8) is 0 Å². The summed E-state index contributed by atoms with van der Waals surface area (Å²) in [5.74, 6) is 0.194. The molecule has 0 unspecified atom stereocenters. The van der Waals surface area contributed by atoms with Crippen molar-refractivity contribution >= 4 is 17.9 Å². The van der Waals surface area contributed by atoms with Gasteiger partial charge < -0.3 is 0 Å². The summed E-state index contributed by atoms with van der Waals surface area (Å²) in [4.78, 5) is 12.4. The predicted molar refractivity (Wildman–Crippen MR) is 87.8 cm³/mol. The topological polar surface area (TPSA) is 17.1 Å². The molecule has 2 aromatic carbocycles. The minimum absolute atomic E-state index is 0.194. The van der Waals surface area contributed by atoms with Gasteiger partial charge in [-0.1, -0.05) is 60.2 Å². The van der Waals surface area contributed by atoms with Crippen LogP contribution in [0.15, 0.2) is 65.7 Å². The summed E-state index contributed by atoms with van der Waals surface area (Å²) in [7, 11) is 0. The number of benzene rings is 2. The fraction of sp³-hybridized carbons (Fsp3) is 0.150. The van der Waals surface area contributed by atoms with Crippen LogP contribution in [-0.2, 0) is 4.79 Å². The Bertz CT molecular complexity index is 703. The number of Topliss-reactive ketones (excluding diaryl/α,β-unsaturated/α-hetero) is 1.